The van der Waals surface area contributed by atoms with Crippen molar-refractivity contribution in [3.05, 3.63) is 29.3 Å². The first-order valence-electron chi connectivity index (χ1n) is 3.05. The predicted octanol–water partition coefficient (Wildman–Crippen LogP) is 1.97. The monoisotopic (exact) mass is 175 g/mol. The van der Waals surface area contributed by atoms with Crippen LogP contribution >= 0.6 is 0 Å². The van der Waals surface area contributed by atoms with Crippen LogP contribution in [0.1, 0.15) is 22.5 Å². The largest absolute Gasteiger partial charge is 0.296 e. The van der Waals surface area contributed by atoms with E-state index >= 15 is 0 Å². The molecule has 0 spiro atoms. The Bertz CT molecular complexity index is 301. The molecule has 0 saturated carbocycles. The van der Waals surface area contributed by atoms with Gasteiger partial charge in [-0.15, -0.1) is 0 Å². The van der Waals surface area contributed by atoms with Gasteiger partial charge in [0.1, 0.15) is 5.69 Å². The first-order chi connectivity index (χ1) is 5.65. The van der Waals surface area contributed by atoms with Gasteiger partial charge in [0.05, 0.1) is 5.56 Å². The fraction of sp³-hybridized carbons (Fsp3) is 0.143. The van der Waals surface area contributed by atoms with Crippen molar-refractivity contribution in [1.29, 1.82) is 0 Å². The highest BCUT2D eigenvalue weighted by Crippen LogP contribution is 2.20. The van der Waals surface area contributed by atoms with Crippen molar-refractivity contribution in [2.24, 2.45) is 0 Å². The van der Waals surface area contributed by atoms with Crippen LogP contribution in [0.4, 0.5) is 13.2 Å². The summed E-state index contributed by atoms with van der Waals surface area (Å²) in [6.07, 6.45) is -2.61. The third-order valence-electron chi connectivity index (χ3n) is 1.25. The van der Waals surface area contributed by atoms with Crippen LogP contribution in [0.25, 0.3) is 0 Å². The molecule has 0 aliphatic carbocycles. The summed E-state index contributed by atoms with van der Waals surface area (Å²) < 4.78 is 36.3. The van der Waals surface area contributed by atoms with Crippen molar-refractivity contribution in [2.75, 3.05) is 0 Å². The van der Waals surface area contributed by atoms with Gasteiger partial charge in [-0.05, 0) is 12.1 Å². The average Bonchev–Trinajstić information content (AvgIpc) is 2.03. The van der Waals surface area contributed by atoms with Crippen LogP contribution in [0.3, 0.4) is 0 Å². The molecule has 1 heterocycles. The molecule has 0 amide bonds. The number of hydrogen-bond donors (Lipinski definition) is 0. The number of aromatic nitrogens is 1. The van der Waals surface area contributed by atoms with E-state index in [1.165, 1.54) is 0 Å². The molecule has 1 aromatic rings. The molecular formula is C7H4F3NO. The van der Waals surface area contributed by atoms with Crippen molar-refractivity contribution in [3.63, 3.8) is 0 Å². The number of carbonyl (C=O) groups excluding carboxylic acids is 1. The minimum atomic E-state index is -2.90. The number of hydrogen-bond acceptors (Lipinski definition) is 2. The molecule has 0 fully saturated rings. The van der Waals surface area contributed by atoms with Gasteiger partial charge in [0.15, 0.2) is 6.29 Å². The number of halogens is 3. The van der Waals surface area contributed by atoms with E-state index < -0.39 is 17.9 Å². The van der Waals surface area contributed by atoms with E-state index in [0.717, 1.165) is 12.1 Å². The number of carbonyl (C=O) groups is 1. The number of alkyl halides is 2. The molecule has 0 atom stereocenters. The quantitative estimate of drug-likeness (QED) is 0.508. The van der Waals surface area contributed by atoms with E-state index in [-0.39, 0.29) is 5.69 Å². The zero-order valence-electron chi connectivity index (χ0n) is 5.80. The van der Waals surface area contributed by atoms with Crippen LogP contribution in [0, 0.1) is 5.95 Å². The van der Waals surface area contributed by atoms with Gasteiger partial charge < -0.3 is 0 Å². The summed E-state index contributed by atoms with van der Waals surface area (Å²) in [6, 6.07) is 1.88. The summed E-state index contributed by atoms with van der Waals surface area (Å²) in [5.41, 5.74) is -0.988. The van der Waals surface area contributed by atoms with Crippen molar-refractivity contribution < 1.29 is 18.0 Å². The Balaban J connectivity index is 3.11. The van der Waals surface area contributed by atoms with Crippen molar-refractivity contribution in [3.8, 4) is 0 Å². The second kappa shape index (κ2) is 3.34. The van der Waals surface area contributed by atoms with Crippen LogP contribution < -0.4 is 0 Å². The van der Waals surface area contributed by atoms with Crippen LogP contribution in [0.15, 0.2) is 12.1 Å². The Hall–Kier alpha value is -1.39. The fourth-order valence-electron chi connectivity index (χ4n) is 0.687. The smallest absolute Gasteiger partial charge is 0.268 e. The Kier molecular flexibility index (Phi) is 2.42. The number of pyridine rings is 1. The first-order valence-corrected chi connectivity index (χ1v) is 3.05. The van der Waals surface area contributed by atoms with Gasteiger partial charge in [-0.2, -0.15) is 4.39 Å². The number of rotatable bonds is 2. The fourth-order valence-corrected chi connectivity index (χ4v) is 0.687. The molecule has 0 radical (unpaired) electrons. The van der Waals surface area contributed by atoms with Gasteiger partial charge >= 0.3 is 0 Å². The lowest BCUT2D eigenvalue weighted by atomic mass is 10.2. The predicted molar refractivity (Wildman–Crippen MR) is 34.5 cm³/mol. The van der Waals surface area contributed by atoms with Gasteiger partial charge in [0.25, 0.3) is 6.43 Å². The Morgan fingerprint density at radius 2 is 2.08 bits per heavy atom. The maximum atomic E-state index is 12.5. The second-order valence-corrected chi connectivity index (χ2v) is 2.03. The third kappa shape index (κ3) is 1.61. The zero-order valence-corrected chi connectivity index (χ0v) is 5.80. The molecule has 0 saturated heterocycles. The van der Waals surface area contributed by atoms with Crippen molar-refractivity contribution in [2.45, 2.75) is 6.43 Å². The molecule has 64 valence electrons. The maximum absolute atomic E-state index is 12.5. The minimum absolute atomic E-state index is 0.197. The van der Waals surface area contributed by atoms with E-state index in [1.54, 1.807) is 0 Å². The second-order valence-electron chi connectivity index (χ2n) is 2.03. The van der Waals surface area contributed by atoms with E-state index in [4.69, 9.17) is 0 Å². The van der Waals surface area contributed by atoms with Gasteiger partial charge in [0.2, 0.25) is 5.95 Å². The highest BCUT2D eigenvalue weighted by Gasteiger charge is 2.14. The lowest BCUT2D eigenvalue weighted by Gasteiger charge is -1.99. The van der Waals surface area contributed by atoms with E-state index in [1.807, 2.05) is 0 Å². The molecule has 12 heavy (non-hydrogen) atoms. The van der Waals surface area contributed by atoms with Crippen molar-refractivity contribution >= 4 is 6.29 Å². The van der Waals surface area contributed by atoms with E-state index in [2.05, 4.69) is 4.98 Å². The van der Waals surface area contributed by atoms with Crippen LogP contribution in [0.5, 0.6) is 0 Å². The molecule has 0 aliphatic heterocycles. The van der Waals surface area contributed by atoms with E-state index in [9.17, 15) is 18.0 Å². The minimum Gasteiger partial charge on any atom is -0.296 e. The lowest BCUT2D eigenvalue weighted by molar-refractivity contribution is 0.111. The Morgan fingerprint density at radius 1 is 1.42 bits per heavy atom. The van der Waals surface area contributed by atoms with Gasteiger partial charge in [-0.1, -0.05) is 0 Å². The summed E-state index contributed by atoms with van der Waals surface area (Å²) in [5.74, 6) is -1.30. The average molecular weight is 175 g/mol. The van der Waals surface area contributed by atoms with Crippen LogP contribution in [-0.4, -0.2) is 11.3 Å². The zero-order chi connectivity index (χ0) is 9.14. The first kappa shape index (κ1) is 8.70. The molecule has 0 bridgehead atoms. The topological polar surface area (TPSA) is 30.0 Å². The Morgan fingerprint density at radius 3 is 2.50 bits per heavy atom. The maximum Gasteiger partial charge on any atom is 0.268 e. The molecule has 0 N–H and O–H groups in total. The molecule has 1 rings (SSSR count). The Labute approximate surface area is 66.0 Å². The molecule has 2 nitrogen and oxygen atoms in total. The highest BCUT2D eigenvalue weighted by atomic mass is 19.3. The standard InChI is InChI=1S/C7H4F3NO/c8-6(9)5-2-1-4(3-12)11-7(5)10/h1-3,6H. The highest BCUT2D eigenvalue weighted by molar-refractivity contribution is 5.71. The molecule has 5 heteroatoms. The normalized spacial score (nSPS) is 10.3. The molecular weight excluding hydrogens is 171 g/mol. The van der Waals surface area contributed by atoms with Crippen molar-refractivity contribution in [1.82, 2.24) is 4.98 Å². The van der Waals surface area contributed by atoms with Gasteiger partial charge in [-0.25, -0.2) is 13.8 Å². The lowest BCUT2D eigenvalue weighted by Crippen LogP contribution is -1.97. The van der Waals surface area contributed by atoms with Crippen LogP contribution in [-0.2, 0) is 0 Å². The number of aldehydes is 1. The van der Waals surface area contributed by atoms with Crippen LogP contribution in [0.2, 0.25) is 0 Å². The van der Waals surface area contributed by atoms with Gasteiger partial charge in [-0.3, -0.25) is 4.79 Å². The molecule has 1 aromatic heterocycles. The summed E-state index contributed by atoms with van der Waals surface area (Å²) in [4.78, 5) is 13.0. The SMILES string of the molecule is O=Cc1ccc(C(F)F)c(F)n1. The molecule has 0 aliphatic rings. The van der Waals surface area contributed by atoms with E-state index in [0.29, 0.717) is 6.29 Å². The summed E-state index contributed by atoms with van der Waals surface area (Å²) in [6.45, 7) is 0. The summed E-state index contributed by atoms with van der Waals surface area (Å²) >= 11 is 0. The third-order valence-corrected chi connectivity index (χ3v) is 1.25. The molecule has 0 unspecified atom stereocenters. The van der Waals surface area contributed by atoms with Gasteiger partial charge in [0, 0.05) is 0 Å². The summed E-state index contributed by atoms with van der Waals surface area (Å²) in [7, 11) is 0. The number of nitrogens with zero attached hydrogens (tertiary/aromatic N) is 1. The summed E-state index contributed by atoms with van der Waals surface area (Å²) in [5, 5.41) is 0. The molecule has 0 aromatic carbocycles.